The van der Waals surface area contributed by atoms with E-state index < -0.39 is 11.8 Å². The molecule has 1 rings (SSSR count). The zero-order chi connectivity index (χ0) is 14.4. The molecule has 0 heterocycles. The predicted molar refractivity (Wildman–Crippen MR) is 69.1 cm³/mol. The monoisotopic (exact) mass is 265 g/mol. The van der Waals surface area contributed by atoms with Gasteiger partial charge in [0.05, 0.1) is 19.9 Å². The van der Waals surface area contributed by atoms with Crippen LogP contribution in [0, 0.1) is 0 Å². The lowest BCUT2D eigenvalue weighted by molar-refractivity contribution is -0.137. The number of amides is 2. The fourth-order valence-corrected chi connectivity index (χ4v) is 1.32. The van der Waals surface area contributed by atoms with Gasteiger partial charge < -0.3 is 15.2 Å². The van der Waals surface area contributed by atoms with Gasteiger partial charge in [-0.2, -0.15) is 5.10 Å². The van der Waals surface area contributed by atoms with E-state index in [9.17, 15) is 9.59 Å². The number of nitrogens with one attached hydrogen (secondary N) is 1. The third kappa shape index (κ3) is 3.70. The van der Waals surface area contributed by atoms with Gasteiger partial charge in [-0.3, -0.25) is 9.59 Å². The Bertz CT molecular complexity index is 526. The normalized spacial score (nSPS) is 10.8. The number of carbonyl (C=O) groups is 2. The van der Waals surface area contributed by atoms with Gasteiger partial charge in [0.25, 0.3) is 0 Å². The summed E-state index contributed by atoms with van der Waals surface area (Å²) in [5.74, 6) is -0.945. The molecule has 1 aromatic carbocycles. The van der Waals surface area contributed by atoms with Crippen molar-refractivity contribution in [1.29, 1.82) is 0 Å². The molecule has 1 aromatic rings. The van der Waals surface area contributed by atoms with Crippen molar-refractivity contribution < 1.29 is 19.1 Å². The van der Waals surface area contributed by atoms with Crippen LogP contribution in [0.3, 0.4) is 0 Å². The highest BCUT2D eigenvalue weighted by molar-refractivity contribution is 6.34. The van der Waals surface area contributed by atoms with Crippen LogP contribution < -0.4 is 20.6 Å². The van der Waals surface area contributed by atoms with Gasteiger partial charge in [0.1, 0.15) is 0 Å². The quantitative estimate of drug-likeness (QED) is 0.455. The molecule has 0 saturated heterocycles. The molecule has 0 radical (unpaired) electrons. The summed E-state index contributed by atoms with van der Waals surface area (Å²) in [6.07, 6.45) is 0. The van der Waals surface area contributed by atoms with E-state index in [1.807, 2.05) is 5.43 Å². The second-order valence-electron chi connectivity index (χ2n) is 3.57. The molecule has 0 aliphatic carbocycles. The summed E-state index contributed by atoms with van der Waals surface area (Å²) < 4.78 is 10.3. The minimum Gasteiger partial charge on any atom is -0.493 e. The van der Waals surface area contributed by atoms with E-state index in [4.69, 9.17) is 15.2 Å². The summed E-state index contributed by atoms with van der Waals surface area (Å²) in [7, 11) is 3.05. The Balaban J connectivity index is 2.93. The molecule has 0 fully saturated rings. The Kier molecular flexibility index (Phi) is 4.87. The zero-order valence-corrected chi connectivity index (χ0v) is 10.9. The molecule has 0 aliphatic rings. The van der Waals surface area contributed by atoms with Gasteiger partial charge in [-0.05, 0) is 25.1 Å². The van der Waals surface area contributed by atoms with E-state index in [-0.39, 0.29) is 0 Å². The van der Waals surface area contributed by atoms with Crippen LogP contribution >= 0.6 is 0 Å². The largest absolute Gasteiger partial charge is 0.493 e. The van der Waals surface area contributed by atoms with Gasteiger partial charge >= 0.3 is 11.8 Å². The highest BCUT2D eigenvalue weighted by Crippen LogP contribution is 2.27. The fraction of sp³-hybridized carbons (Fsp3) is 0.250. The van der Waals surface area contributed by atoms with Crippen molar-refractivity contribution in [2.75, 3.05) is 14.2 Å². The first kappa shape index (κ1) is 14.5. The first-order valence-electron chi connectivity index (χ1n) is 5.36. The van der Waals surface area contributed by atoms with Gasteiger partial charge in [-0.15, -0.1) is 0 Å². The van der Waals surface area contributed by atoms with Crippen LogP contribution in [0.25, 0.3) is 0 Å². The Morgan fingerprint density at radius 1 is 1.21 bits per heavy atom. The van der Waals surface area contributed by atoms with E-state index >= 15 is 0 Å². The summed E-state index contributed by atoms with van der Waals surface area (Å²) in [5.41, 5.74) is 8.04. The molecule has 0 spiro atoms. The van der Waals surface area contributed by atoms with Crippen molar-refractivity contribution in [2.24, 2.45) is 10.8 Å². The Morgan fingerprint density at radius 2 is 1.84 bits per heavy atom. The average molecular weight is 265 g/mol. The molecule has 0 bridgehead atoms. The first-order chi connectivity index (χ1) is 8.99. The molecular formula is C12H15N3O4. The maximum absolute atomic E-state index is 11.0. The Hall–Kier alpha value is -2.57. The topological polar surface area (TPSA) is 103 Å². The number of carbonyl (C=O) groups excluding carboxylic acids is 2. The number of ether oxygens (including phenoxy) is 2. The number of primary amides is 1. The average Bonchev–Trinajstić information content (AvgIpc) is 2.43. The molecule has 19 heavy (non-hydrogen) atoms. The molecule has 7 nitrogen and oxygen atoms in total. The lowest BCUT2D eigenvalue weighted by Crippen LogP contribution is -2.33. The maximum Gasteiger partial charge on any atom is 0.329 e. The number of hydrogen-bond acceptors (Lipinski definition) is 5. The molecule has 0 saturated carbocycles. The van der Waals surface area contributed by atoms with Gasteiger partial charge in [-0.25, -0.2) is 5.43 Å². The van der Waals surface area contributed by atoms with E-state index in [1.54, 1.807) is 25.1 Å². The minimum atomic E-state index is -1.09. The van der Waals surface area contributed by atoms with Crippen LogP contribution in [0.4, 0.5) is 0 Å². The van der Waals surface area contributed by atoms with E-state index in [0.29, 0.717) is 22.8 Å². The van der Waals surface area contributed by atoms with Crippen LogP contribution in [0.2, 0.25) is 0 Å². The number of hydrazone groups is 1. The van der Waals surface area contributed by atoms with Crippen LogP contribution in [-0.2, 0) is 9.59 Å². The maximum atomic E-state index is 11.0. The van der Waals surface area contributed by atoms with Gasteiger partial charge in [0.2, 0.25) is 0 Å². The van der Waals surface area contributed by atoms with Crippen molar-refractivity contribution >= 4 is 17.5 Å². The molecule has 3 N–H and O–H groups in total. The summed E-state index contributed by atoms with van der Waals surface area (Å²) in [4.78, 5) is 21.5. The molecular weight excluding hydrogens is 250 g/mol. The standard InChI is InChI=1S/C12H15N3O4/c1-7(14-15-12(17)11(13)16)8-4-5-9(18-2)10(6-8)19-3/h4-6H,1-3H3,(H2,13,16)(H,15,17)/b14-7-. The van der Waals surface area contributed by atoms with Crippen LogP contribution in [-0.4, -0.2) is 31.7 Å². The number of nitrogens with two attached hydrogens (primary N) is 1. The van der Waals surface area contributed by atoms with Crippen molar-refractivity contribution in [3.05, 3.63) is 23.8 Å². The fourth-order valence-electron chi connectivity index (χ4n) is 1.32. The van der Waals surface area contributed by atoms with Crippen molar-refractivity contribution in [3.63, 3.8) is 0 Å². The van der Waals surface area contributed by atoms with Crippen molar-refractivity contribution in [1.82, 2.24) is 5.43 Å². The van der Waals surface area contributed by atoms with Gasteiger partial charge in [-0.1, -0.05) is 0 Å². The summed E-state index contributed by atoms with van der Waals surface area (Å²) in [5, 5.41) is 3.77. The number of methoxy groups -OCH3 is 2. The predicted octanol–water partition coefficient (Wildman–Crippen LogP) is 0.0293. The molecule has 0 aromatic heterocycles. The highest BCUT2D eigenvalue weighted by Gasteiger charge is 2.09. The van der Waals surface area contributed by atoms with Crippen molar-refractivity contribution in [2.45, 2.75) is 6.92 Å². The van der Waals surface area contributed by atoms with E-state index in [1.165, 1.54) is 14.2 Å². The summed E-state index contributed by atoms with van der Waals surface area (Å²) >= 11 is 0. The molecule has 7 heteroatoms. The number of hydrogen-bond donors (Lipinski definition) is 2. The molecule has 102 valence electrons. The Labute approximate surface area is 110 Å². The molecule has 0 aliphatic heterocycles. The molecule has 2 amide bonds. The first-order valence-corrected chi connectivity index (χ1v) is 5.36. The van der Waals surface area contributed by atoms with E-state index in [2.05, 4.69) is 5.10 Å². The Morgan fingerprint density at radius 3 is 2.37 bits per heavy atom. The lowest BCUT2D eigenvalue weighted by Gasteiger charge is -2.09. The second-order valence-corrected chi connectivity index (χ2v) is 3.57. The highest BCUT2D eigenvalue weighted by atomic mass is 16.5. The SMILES string of the molecule is COc1ccc(/C(C)=N\NC(=O)C(N)=O)cc1OC. The number of nitrogens with zero attached hydrogens (tertiary/aromatic N) is 1. The lowest BCUT2D eigenvalue weighted by atomic mass is 10.1. The number of rotatable bonds is 4. The van der Waals surface area contributed by atoms with Crippen LogP contribution in [0.15, 0.2) is 23.3 Å². The second kappa shape index (κ2) is 6.39. The van der Waals surface area contributed by atoms with Crippen molar-refractivity contribution in [3.8, 4) is 11.5 Å². The van der Waals surface area contributed by atoms with Crippen LogP contribution in [0.5, 0.6) is 11.5 Å². The zero-order valence-electron chi connectivity index (χ0n) is 10.9. The van der Waals surface area contributed by atoms with Gasteiger partial charge in [0.15, 0.2) is 11.5 Å². The van der Waals surface area contributed by atoms with Crippen LogP contribution in [0.1, 0.15) is 12.5 Å². The summed E-state index contributed by atoms with van der Waals surface area (Å²) in [6, 6.07) is 5.16. The minimum absolute atomic E-state index is 0.496. The van der Waals surface area contributed by atoms with Gasteiger partial charge in [0, 0.05) is 5.56 Å². The third-order valence-electron chi connectivity index (χ3n) is 2.35. The molecule has 0 atom stereocenters. The smallest absolute Gasteiger partial charge is 0.329 e. The third-order valence-corrected chi connectivity index (χ3v) is 2.35. The van der Waals surface area contributed by atoms with E-state index in [0.717, 1.165) is 0 Å². The summed E-state index contributed by atoms with van der Waals surface area (Å²) in [6.45, 7) is 1.67. The number of benzene rings is 1. The molecule has 0 unspecified atom stereocenters.